The van der Waals surface area contributed by atoms with Gasteiger partial charge in [-0.05, 0) is 12.1 Å². The molecule has 0 spiro atoms. The number of H-pyrrole nitrogens is 1. The van der Waals surface area contributed by atoms with Crippen LogP contribution in [0.1, 0.15) is 50.0 Å². The zero-order chi connectivity index (χ0) is 45.0. The summed E-state index contributed by atoms with van der Waals surface area (Å²) < 4.78 is 64.7. The van der Waals surface area contributed by atoms with Crippen molar-refractivity contribution in [3.05, 3.63) is 65.2 Å². The second kappa shape index (κ2) is 19.5. The van der Waals surface area contributed by atoms with E-state index in [1.807, 2.05) is 6.07 Å². The first-order valence-electron chi connectivity index (χ1n) is 19.4. The standard InChI is InChI=1S/C36H41N11O14P2/c1-18(2)31(50)44-36-43-30-25(33(52)45-36)41-17-47(30)35-26(19(3)22(13-49)58-35)61-63(55,56-11-7-10-37)57-14-23-27(60-62(53)54)21(12-48)34(59-23)46-16-40-24-28(38-15-39-29(24)46)42-32(51)20-8-5-4-6-9-20/h4-6,8-9,15-19,21-23,26-27,34-35,48-49H,7,11-14H2,1-3H3,(H3-,38,39,42,43,44,45,50,51,52,53,54)/p+1. The van der Waals surface area contributed by atoms with E-state index in [1.165, 1.54) is 28.1 Å². The highest BCUT2D eigenvalue weighted by atomic mass is 31.2. The number of nitriles is 1. The minimum atomic E-state index is -4.83. The molecule has 6 heterocycles. The van der Waals surface area contributed by atoms with E-state index in [9.17, 15) is 43.9 Å². The fraction of sp³-hybridized carbons (Fsp3) is 0.472. The van der Waals surface area contributed by atoms with Crippen LogP contribution < -0.4 is 16.2 Å². The van der Waals surface area contributed by atoms with E-state index < -0.39 is 115 Å². The minimum absolute atomic E-state index is 0.0568. The van der Waals surface area contributed by atoms with Gasteiger partial charge in [0.2, 0.25) is 11.9 Å². The minimum Gasteiger partial charge on any atom is -0.396 e. The molecular weight excluding hydrogens is 872 g/mol. The predicted octanol–water partition coefficient (Wildman–Crippen LogP) is 2.31. The van der Waals surface area contributed by atoms with Crippen LogP contribution in [0.5, 0.6) is 0 Å². The van der Waals surface area contributed by atoms with Crippen LogP contribution in [0.25, 0.3) is 22.3 Å². The second-order valence-electron chi connectivity index (χ2n) is 14.6. The summed E-state index contributed by atoms with van der Waals surface area (Å²) in [5.41, 5.74) is -0.275. The van der Waals surface area contributed by atoms with Gasteiger partial charge in [0.1, 0.15) is 24.8 Å². The average molecular weight is 915 g/mol. The van der Waals surface area contributed by atoms with Crippen molar-refractivity contribution in [1.82, 2.24) is 39.0 Å². The lowest BCUT2D eigenvalue weighted by molar-refractivity contribution is -0.118. The average Bonchev–Trinajstić information content (AvgIpc) is 4.04. The maximum atomic E-state index is 14.6. The number of amides is 2. The van der Waals surface area contributed by atoms with Gasteiger partial charge in [-0.25, -0.2) is 24.5 Å². The van der Waals surface area contributed by atoms with Crippen molar-refractivity contribution < 1.29 is 61.4 Å². The number of aliphatic hydroxyl groups is 2. The summed E-state index contributed by atoms with van der Waals surface area (Å²) >= 11 is 0. The number of anilines is 2. The van der Waals surface area contributed by atoms with E-state index in [1.54, 1.807) is 51.1 Å². The monoisotopic (exact) mass is 914 g/mol. The van der Waals surface area contributed by atoms with Crippen LogP contribution >= 0.6 is 16.1 Å². The molecule has 63 heavy (non-hydrogen) atoms. The number of benzene rings is 1. The summed E-state index contributed by atoms with van der Waals surface area (Å²) in [6.45, 7) is 2.54. The third kappa shape index (κ3) is 9.71. The molecule has 2 aliphatic rings. The van der Waals surface area contributed by atoms with Crippen LogP contribution in [0.4, 0.5) is 11.8 Å². The maximum Gasteiger partial charge on any atom is 0.695 e. The number of aromatic amines is 1. The van der Waals surface area contributed by atoms with Crippen LogP contribution in [0.2, 0.25) is 0 Å². The van der Waals surface area contributed by atoms with Gasteiger partial charge in [-0.2, -0.15) is 10.2 Å². The molecule has 334 valence electrons. The van der Waals surface area contributed by atoms with E-state index in [2.05, 4.69) is 40.5 Å². The summed E-state index contributed by atoms with van der Waals surface area (Å²) in [6.07, 6.45) is -4.07. The number of aromatic nitrogens is 8. The van der Waals surface area contributed by atoms with Gasteiger partial charge < -0.3 is 25.0 Å². The molecule has 2 aliphatic heterocycles. The third-order valence-corrected chi connectivity index (χ3v) is 12.1. The van der Waals surface area contributed by atoms with Gasteiger partial charge in [0.15, 0.2) is 40.5 Å². The van der Waals surface area contributed by atoms with Crippen molar-refractivity contribution >= 4 is 62.0 Å². The summed E-state index contributed by atoms with van der Waals surface area (Å²) in [6, 6.07) is 10.2. The molecule has 25 nitrogen and oxygen atoms in total. The Hall–Kier alpha value is -5.48. The van der Waals surface area contributed by atoms with Crippen molar-refractivity contribution in [2.75, 3.05) is 37.1 Å². The first kappa shape index (κ1) is 45.5. The Morgan fingerprint density at radius 2 is 1.70 bits per heavy atom. The molecule has 10 unspecified atom stereocenters. The van der Waals surface area contributed by atoms with Crippen molar-refractivity contribution in [2.24, 2.45) is 17.8 Å². The summed E-state index contributed by atoms with van der Waals surface area (Å²) in [4.78, 5) is 72.0. The molecule has 0 aliphatic carbocycles. The normalized spacial score (nSPS) is 24.7. The topological polar surface area (TPSA) is 339 Å². The maximum absolute atomic E-state index is 14.6. The highest BCUT2D eigenvalue weighted by Gasteiger charge is 2.53. The molecule has 2 amide bonds. The molecule has 0 bridgehead atoms. The Balaban J connectivity index is 1.16. The van der Waals surface area contributed by atoms with Gasteiger partial charge in [0.25, 0.3) is 11.5 Å². The van der Waals surface area contributed by atoms with E-state index in [-0.39, 0.29) is 40.5 Å². The lowest BCUT2D eigenvalue weighted by atomic mass is 10.0. The number of hydrogen-bond acceptors (Lipinski definition) is 19. The molecule has 0 radical (unpaired) electrons. The summed E-state index contributed by atoms with van der Waals surface area (Å²) in [5, 5.41) is 35.3. The Labute approximate surface area is 357 Å². The lowest BCUT2D eigenvalue weighted by Crippen LogP contribution is -2.34. The van der Waals surface area contributed by atoms with Crippen LogP contribution in [0, 0.1) is 29.1 Å². The molecule has 4 aromatic heterocycles. The second-order valence-corrected chi connectivity index (χ2v) is 16.9. The number of ether oxygens (including phenoxy) is 2. The first-order chi connectivity index (χ1) is 30.2. The van der Waals surface area contributed by atoms with Crippen LogP contribution in [0.3, 0.4) is 0 Å². The number of hydrogen-bond donors (Lipinski definition) is 6. The predicted molar refractivity (Wildman–Crippen MR) is 215 cm³/mol. The molecule has 5 aromatic rings. The Morgan fingerprint density at radius 3 is 2.38 bits per heavy atom. The molecule has 0 saturated carbocycles. The SMILES string of the molecule is CC(C)C(=O)Nc1nc2c(ncn2C2OC(CO)C(C)C2OP(=O)(OCCC#N)OCC2OC(n3cnc4c(NC(=O)c5ccccc5)ncnc43)C(CO)C2O[P+](=O)O)c(=O)[nH]1. The molecule has 10 atom stereocenters. The van der Waals surface area contributed by atoms with E-state index in [4.69, 9.17) is 27.6 Å². The van der Waals surface area contributed by atoms with Crippen molar-refractivity contribution in [1.29, 1.82) is 5.26 Å². The Bertz CT molecular complexity index is 2620. The van der Waals surface area contributed by atoms with Crippen molar-refractivity contribution in [3.8, 4) is 6.07 Å². The molecule has 2 saturated heterocycles. The zero-order valence-corrected chi connectivity index (χ0v) is 35.4. The molecule has 6 N–H and O–H groups in total. The first-order valence-corrected chi connectivity index (χ1v) is 22.0. The number of aliphatic hydroxyl groups excluding tert-OH is 2. The quantitative estimate of drug-likeness (QED) is 0.0542. The number of fused-ring (bicyclic) bond motifs is 2. The molecule has 27 heteroatoms. The molecule has 7 rings (SSSR count). The Morgan fingerprint density at radius 1 is 0.984 bits per heavy atom. The van der Waals surface area contributed by atoms with Crippen molar-refractivity contribution in [2.45, 2.75) is 64.1 Å². The number of rotatable bonds is 18. The van der Waals surface area contributed by atoms with Gasteiger partial charge in [-0.15, -0.1) is 9.42 Å². The van der Waals surface area contributed by atoms with Crippen molar-refractivity contribution in [3.63, 3.8) is 0 Å². The Kier molecular flexibility index (Phi) is 14.1. The van der Waals surface area contributed by atoms with E-state index in [0.717, 1.165) is 0 Å². The lowest BCUT2D eigenvalue weighted by Gasteiger charge is -2.27. The number of nitrogens with one attached hydrogen (secondary N) is 3. The largest absolute Gasteiger partial charge is 0.695 e. The van der Waals surface area contributed by atoms with E-state index >= 15 is 0 Å². The van der Waals surface area contributed by atoms with Gasteiger partial charge in [0.05, 0.1) is 63.6 Å². The van der Waals surface area contributed by atoms with Gasteiger partial charge in [-0.3, -0.25) is 47.4 Å². The number of imidazole rings is 2. The third-order valence-electron chi connectivity index (χ3n) is 10.3. The zero-order valence-electron chi connectivity index (χ0n) is 33.7. The summed E-state index contributed by atoms with van der Waals surface area (Å²) in [5.74, 6) is -3.34. The number of carbonyl (C=O) groups excluding carboxylic acids is 2. The fourth-order valence-electron chi connectivity index (χ4n) is 7.02. The van der Waals surface area contributed by atoms with Gasteiger partial charge in [-0.1, -0.05) is 39.0 Å². The smallest absolute Gasteiger partial charge is 0.396 e. The van der Waals surface area contributed by atoms with Crippen LogP contribution in [0.15, 0.2) is 54.1 Å². The van der Waals surface area contributed by atoms with E-state index in [0.29, 0.717) is 5.56 Å². The molecule has 2 fully saturated rings. The molecule has 1 aromatic carbocycles. The van der Waals surface area contributed by atoms with Crippen LogP contribution in [-0.4, -0.2) is 117 Å². The number of carbonyl (C=O) groups is 2. The highest BCUT2D eigenvalue weighted by molar-refractivity contribution is 7.48. The number of nitrogens with zero attached hydrogens (tertiary/aromatic N) is 8. The highest BCUT2D eigenvalue weighted by Crippen LogP contribution is 2.56. The van der Waals surface area contributed by atoms with Gasteiger partial charge >= 0.3 is 16.1 Å². The number of phosphoric ester groups is 1. The number of phosphoric acid groups is 1. The fourth-order valence-corrected chi connectivity index (χ4v) is 8.96. The summed E-state index contributed by atoms with van der Waals surface area (Å²) in [7, 11) is -8.15. The van der Waals surface area contributed by atoms with Gasteiger partial charge in [0, 0.05) is 22.0 Å². The van der Waals surface area contributed by atoms with Crippen LogP contribution in [-0.2, 0) is 41.5 Å². The molecular formula is C36H42N11O14P2+.